The van der Waals surface area contributed by atoms with Crippen molar-refractivity contribution in [1.82, 2.24) is 0 Å². The molecule has 0 spiro atoms. The van der Waals surface area contributed by atoms with Crippen LogP contribution in [0.2, 0.25) is 12.5 Å². The van der Waals surface area contributed by atoms with Gasteiger partial charge in [-0.15, -0.1) is 0 Å². The molecule has 1 aromatic carbocycles. The molecule has 0 nitrogen and oxygen atoms in total. The van der Waals surface area contributed by atoms with Gasteiger partial charge in [0, 0.05) is 0 Å². The van der Waals surface area contributed by atoms with Crippen LogP contribution in [0.4, 0.5) is 0 Å². The van der Waals surface area contributed by atoms with E-state index >= 15 is 0 Å². The van der Waals surface area contributed by atoms with E-state index in [1.54, 1.807) is 50.1 Å². The van der Waals surface area contributed by atoms with Crippen LogP contribution in [0.25, 0.3) is 5.57 Å². The van der Waals surface area contributed by atoms with Crippen LogP contribution < -0.4 is 0 Å². The van der Waals surface area contributed by atoms with Crippen LogP contribution in [-0.4, -0.2) is 0 Å². The molecular weight excluding hydrogens is 515 g/mol. The van der Waals surface area contributed by atoms with Crippen molar-refractivity contribution < 1.29 is 20.0 Å². The standard InChI is InChI=1S/C16H19.C10H15.2CH3.Hf/c1-16(2,3)14-10-9-12-8-7-11-5-4-6-13(11)15(12)14;1-6-7(2)9(4)10(5)8(6)3;;;/h7-8H,4-6,9H2,1-3H3;1-5H3;2*1H3;. The van der Waals surface area contributed by atoms with Gasteiger partial charge in [-0.1, -0.05) is 0 Å². The van der Waals surface area contributed by atoms with E-state index in [0.717, 1.165) is 0 Å². The predicted molar refractivity (Wildman–Crippen MR) is 125 cm³/mol. The summed E-state index contributed by atoms with van der Waals surface area (Å²) >= 11 is -2.94. The Balaban J connectivity index is 1.99. The minimum absolute atomic E-state index is 0.212. The van der Waals surface area contributed by atoms with E-state index in [9.17, 15) is 0 Å². The van der Waals surface area contributed by atoms with Crippen molar-refractivity contribution in [3.8, 4) is 0 Å². The number of benzene rings is 1. The van der Waals surface area contributed by atoms with Gasteiger partial charge >= 0.3 is 185 Å². The van der Waals surface area contributed by atoms with Gasteiger partial charge in [-0.25, -0.2) is 0 Å². The van der Waals surface area contributed by atoms with Crippen LogP contribution in [-0.2, 0) is 39.2 Å². The SMILES string of the molecule is CC1=C(C)[C](C)([Hf]([CH3])([CH3])[C]2=C(C(C)(C)C)c3c(ccc4c3CCC4)C2)C(C)=C1C. The summed E-state index contributed by atoms with van der Waals surface area (Å²) in [5.74, 6) is 0. The van der Waals surface area contributed by atoms with Gasteiger partial charge in [0.25, 0.3) is 0 Å². The fourth-order valence-corrected chi connectivity index (χ4v) is 23.4. The Bertz CT molecular complexity index is 977. The Hall–Kier alpha value is -0.690. The molecule has 0 atom stereocenters. The molecular formula is C28H40Hf. The fraction of sp³-hybridized carbons (Fsp3) is 0.571. The summed E-state index contributed by atoms with van der Waals surface area (Å²) in [5, 5.41) is 0. The van der Waals surface area contributed by atoms with Gasteiger partial charge in [-0.2, -0.15) is 0 Å². The first-order valence-electron chi connectivity index (χ1n) is 11.6. The van der Waals surface area contributed by atoms with Crippen LogP contribution in [0.15, 0.2) is 37.8 Å². The Labute approximate surface area is 183 Å². The van der Waals surface area contributed by atoms with Crippen LogP contribution >= 0.6 is 0 Å². The molecule has 29 heavy (non-hydrogen) atoms. The summed E-state index contributed by atoms with van der Waals surface area (Å²) < 4.78 is 7.71. The van der Waals surface area contributed by atoms with Crippen molar-refractivity contribution >= 4 is 5.57 Å². The second-order valence-electron chi connectivity index (χ2n) is 11.6. The summed E-state index contributed by atoms with van der Waals surface area (Å²) in [6.45, 7) is 19.6. The third-order valence-corrected chi connectivity index (χ3v) is 27.9. The molecule has 4 rings (SSSR count). The molecule has 0 bridgehead atoms. The first-order chi connectivity index (χ1) is 13.3. The zero-order valence-corrected chi connectivity index (χ0v) is 24.1. The molecule has 156 valence electrons. The molecule has 1 aromatic rings. The van der Waals surface area contributed by atoms with E-state index in [4.69, 9.17) is 0 Å². The molecule has 3 aliphatic carbocycles. The second-order valence-corrected chi connectivity index (χ2v) is 29.1. The van der Waals surface area contributed by atoms with Crippen LogP contribution in [0, 0.1) is 5.41 Å². The zero-order chi connectivity index (χ0) is 21.5. The van der Waals surface area contributed by atoms with Crippen molar-refractivity contribution in [2.45, 2.75) is 93.6 Å². The Morgan fingerprint density at radius 2 is 1.41 bits per heavy atom. The van der Waals surface area contributed by atoms with E-state index < -0.39 is 20.0 Å². The van der Waals surface area contributed by atoms with E-state index in [-0.39, 0.29) is 5.41 Å². The molecule has 1 heteroatoms. The molecule has 0 saturated heterocycles. The maximum atomic E-state index is 2.75. The molecule has 3 aliphatic rings. The number of rotatable bonds is 2. The number of fused-ring (bicyclic) bond motifs is 3. The predicted octanol–water partition coefficient (Wildman–Crippen LogP) is 8.60. The van der Waals surface area contributed by atoms with Gasteiger partial charge < -0.3 is 0 Å². The monoisotopic (exact) mass is 556 g/mol. The topological polar surface area (TPSA) is 0 Å². The number of aryl methyl sites for hydroxylation is 1. The third kappa shape index (κ3) is 2.78. The molecule has 0 saturated carbocycles. The summed E-state index contributed by atoms with van der Waals surface area (Å²) in [7, 11) is 0. The molecule has 0 amide bonds. The van der Waals surface area contributed by atoms with Crippen LogP contribution in [0.1, 0.15) is 84.1 Å². The third-order valence-electron chi connectivity index (χ3n) is 9.23. The van der Waals surface area contributed by atoms with Gasteiger partial charge in [-0.05, 0) is 0 Å². The second kappa shape index (κ2) is 6.65. The quantitative estimate of drug-likeness (QED) is 0.321. The first kappa shape index (κ1) is 21.5. The van der Waals surface area contributed by atoms with Crippen molar-refractivity contribution in [2.75, 3.05) is 0 Å². The number of hydrogen-bond acceptors (Lipinski definition) is 0. The number of allylic oxidation sites excluding steroid dienone is 6. The summed E-state index contributed by atoms with van der Waals surface area (Å²) in [6, 6.07) is 4.94. The molecule has 0 radical (unpaired) electrons. The molecule has 0 aliphatic heterocycles. The van der Waals surface area contributed by atoms with E-state index in [0.29, 0.717) is 3.17 Å². The van der Waals surface area contributed by atoms with Crippen LogP contribution in [0.5, 0.6) is 0 Å². The normalized spacial score (nSPS) is 21.4. The van der Waals surface area contributed by atoms with Crippen LogP contribution in [0.3, 0.4) is 0 Å². The van der Waals surface area contributed by atoms with Gasteiger partial charge in [0.2, 0.25) is 0 Å². The van der Waals surface area contributed by atoms with Gasteiger partial charge in [0.05, 0.1) is 0 Å². The average Bonchev–Trinajstić information content (AvgIpc) is 3.30. The van der Waals surface area contributed by atoms with Gasteiger partial charge in [0.15, 0.2) is 0 Å². The summed E-state index contributed by atoms with van der Waals surface area (Å²) in [4.78, 5) is 0. The summed E-state index contributed by atoms with van der Waals surface area (Å²) in [5.41, 5.74) is 15.1. The van der Waals surface area contributed by atoms with Gasteiger partial charge in [0.1, 0.15) is 0 Å². The molecule has 0 N–H and O–H groups in total. The Kier molecular flexibility index (Phi) is 4.94. The van der Waals surface area contributed by atoms with E-state index in [1.807, 2.05) is 3.33 Å². The van der Waals surface area contributed by atoms with Crippen molar-refractivity contribution in [3.63, 3.8) is 0 Å². The Morgan fingerprint density at radius 1 is 0.862 bits per heavy atom. The van der Waals surface area contributed by atoms with Crippen molar-refractivity contribution in [3.05, 3.63) is 60.0 Å². The van der Waals surface area contributed by atoms with E-state index in [1.165, 1.54) is 25.7 Å². The first-order valence-corrected chi connectivity index (χ1v) is 22.4. The Morgan fingerprint density at radius 3 is 1.97 bits per heavy atom. The molecule has 0 unspecified atom stereocenters. The number of hydrogen-bond donors (Lipinski definition) is 0. The zero-order valence-electron chi connectivity index (χ0n) is 20.5. The minimum atomic E-state index is -2.94. The van der Waals surface area contributed by atoms with Gasteiger partial charge in [-0.3, -0.25) is 0 Å². The van der Waals surface area contributed by atoms with Crippen molar-refractivity contribution in [1.29, 1.82) is 0 Å². The molecule has 0 fully saturated rings. The molecule has 0 heterocycles. The van der Waals surface area contributed by atoms with E-state index in [2.05, 4.69) is 76.9 Å². The maximum absolute atomic E-state index is 2.94. The summed E-state index contributed by atoms with van der Waals surface area (Å²) in [6.07, 6.45) is 5.13. The fourth-order valence-electron chi connectivity index (χ4n) is 6.80. The van der Waals surface area contributed by atoms with Crippen molar-refractivity contribution in [2.24, 2.45) is 5.41 Å². The average molecular weight is 555 g/mol. The molecule has 0 aromatic heterocycles.